The van der Waals surface area contributed by atoms with E-state index < -0.39 is 0 Å². The summed E-state index contributed by atoms with van der Waals surface area (Å²) < 4.78 is 0. The lowest BCUT2D eigenvalue weighted by Crippen LogP contribution is -2.20. The first-order valence-corrected chi connectivity index (χ1v) is 5.01. The molecule has 1 N–H and O–H groups in total. The molecule has 74 valence electrons. The van der Waals surface area contributed by atoms with Crippen LogP contribution in [-0.4, -0.2) is 11.7 Å². The molecule has 0 aliphatic carbocycles. The molecule has 0 aliphatic heterocycles. The first-order chi connectivity index (χ1) is 6.59. The van der Waals surface area contributed by atoms with Gasteiger partial charge in [-0.25, -0.2) is 0 Å². The third kappa shape index (κ3) is 3.14. The molecule has 0 unspecified atom stereocenters. The number of hydrogen-bond acceptors (Lipinski definition) is 3. The topological polar surface area (TPSA) is 46.2 Å². The Morgan fingerprint density at radius 2 is 2.14 bits per heavy atom. The van der Waals surface area contributed by atoms with Gasteiger partial charge < -0.3 is 5.32 Å². The minimum atomic E-state index is -0.171. The molecule has 14 heavy (non-hydrogen) atoms. The quantitative estimate of drug-likeness (QED) is 0.773. The molecule has 3 nitrogen and oxygen atoms in total. The average molecular weight is 209 g/mol. The Morgan fingerprint density at radius 1 is 1.43 bits per heavy atom. The minimum Gasteiger partial charge on any atom is -0.325 e. The second-order valence-corrected chi connectivity index (χ2v) is 3.82. The van der Waals surface area contributed by atoms with Crippen molar-refractivity contribution in [3.05, 3.63) is 34.2 Å². The summed E-state index contributed by atoms with van der Waals surface area (Å²) in [5.41, 5.74) is 0.566. The van der Waals surface area contributed by atoms with Crippen LogP contribution in [0.25, 0.3) is 0 Å². The van der Waals surface area contributed by atoms with E-state index >= 15 is 0 Å². The summed E-state index contributed by atoms with van der Waals surface area (Å²) in [5.74, 6) is -0.246. The lowest BCUT2D eigenvalue weighted by molar-refractivity contribution is -0.112. The molecule has 0 fully saturated rings. The van der Waals surface area contributed by atoms with E-state index in [2.05, 4.69) is 5.32 Å². The van der Waals surface area contributed by atoms with Crippen LogP contribution in [0.15, 0.2) is 29.3 Å². The van der Waals surface area contributed by atoms with E-state index in [-0.39, 0.29) is 11.7 Å². The molecule has 0 bridgehead atoms. The van der Waals surface area contributed by atoms with Crippen LogP contribution in [0.2, 0.25) is 0 Å². The average Bonchev–Trinajstić information content (AvgIpc) is 2.53. The predicted molar refractivity (Wildman–Crippen MR) is 56.2 cm³/mol. The molecule has 0 saturated carbocycles. The van der Waals surface area contributed by atoms with Crippen molar-refractivity contribution in [2.45, 2.75) is 13.8 Å². The Morgan fingerprint density at radius 3 is 2.64 bits per heavy atom. The second-order valence-electron chi connectivity index (χ2n) is 2.87. The zero-order chi connectivity index (χ0) is 10.6. The van der Waals surface area contributed by atoms with Crippen molar-refractivity contribution in [1.82, 2.24) is 5.32 Å². The number of allylic oxidation sites excluding steroid dienone is 2. The van der Waals surface area contributed by atoms with Gasteiger partial charge in [0.25, 0.3) is 5.91 Å². The number of thiophene rings is 1. The molecule has 1 aromatic heterocycles. The van der Waals surface area contributed by atoms with Crippen LogP contribution in [0.3, 0.4) is 0 Å². The Kier molecular flexibility index (Phi) is 3.59. The van der Waals surface area contributed by atoms with Gasteiger partial charge in [0.1, 0.15) is 0 Å². The number of carbonyl (C=O) groups excluding carboxylic acids is 2. The molecular formula is C10H11NO2S. The Hall–Kier alpha value is -1.42. The summed E-state index contributed by atoms with van der Waals surface area (Å²) >= 11 is 1.37. The van der Waals surface area contributed by atoms with Crippen LogP contribution in [0.5, 0.6) is 0 Å². The molecule has 0 saturated heterocycles. The molecular weight excluding hydrogens is 198 g/mol. The molecule has 1 rings (SSSR count). The van der Waals surface area contributed by atoms with E-state index in [0.29, 0.717) is 10.6 Å². The van der Waals surface area contributed by atoms with Crippen molar-refractivity contribution in [2.24, 2.45) is 0 Å². The van der Waals surface area contributed by atoms with Crippen molar-refractivity contribution in [2.75, 3.05) is 0 Å². The molecule has 1 amide bonds. The van der Waals surface area contributed by atoms with Gasteiger partial charge in [0.2, 0.25) is 0 Å². The number of carbonyl (C=O) groups is 2. The van der Waals surface area contributed by atoms with Crippen molar-refractivity contribution in [3.8, 4) is 0 Å². The predicted octanol–water partition coefficient (Wildman–Crippen LogP) is 1.97. The van der Waals surface area contributed by atoms with E-state index in [4.69, 9.17) is 0 Å². The van der Waals surface area contributed by atoms with Crippen LogP contribution in [-0.2, 0) is 4.79 Å². The van der Waals surface area contributed by atoms with Crippen LogP contribution in [0, 0.1) is 0 Å². The van der Waals surface area contributed by atoms with Crippen LogP contribution in [0.1, 0.15) is 23.5 Å². The number of rotatable bonds is 3. The maximum atomic E-state index is 11.4. The highest BCUT2D eigenvalue weighted by atomic mass is 32.1. The van der Waals surface area contributed by atoms with Gasteiger partial charge in [-0.15, -0.1) is 11.3 Å². The van der Waals surface area contributed by atoms with E-state index in [1.165, 1.54) is 24.3 Å². The Balaban J connectivity index is 2.62. The number of hydrogen-bond donors (Lipinski definition) is 1. The highest BCUT2D eigenvalue weighted by molar-refractivity contribution is 7.12. The summed E-state index contributed by atoms with van der Waals surface area (Å²) in [5, 5.41) is 4.46. The van der Waals surface area contributed by atoms with Crippen molar-refractivity contribution in [1.29, 1.82) is 0 Å². The van der Waals surface area contributed by atoms with Crippen LogP contribution >= 0.6 is 11.3 Å². The van der Waals surface area contributed by atoms with E-state index in [9.17, 15) is 9.59 Å². The second kappa shape index (κ2) is 4.72. The minimum absolute atomic E-state index is 0.0750. The molecule has 0 aliphatic rings. The third-order valence-corrected chi connectivity index (χ3v) is 2.34. The molecule has 0 aromatic carbocycles. The zero-order valence-corrected chi connectivity index (χ0v) is 8.85. The van der Waals surface area contributed by atoms with Crippen molar-refractivity contribution < 1.29 is 9.59 Å². The zero-order valence-electron chi connectivity index (χ0n) is 8.03. The molecule has 0 radical (unpaired) electrons. The molecule has 1 heterocycles. The van der Waals surface area contributed by atoms with Gasteiger partial charge in [0.15, 0.2) is 5.78 Å². The third-order valence-electron chi connectivity index (χ3n) is 1.48. The fraction of sp³-hybridized carbons (Fsp3) is 0.200. The normalized spacial score (nSPS) is 11.1. The van der Waals surface area contributed by atoms with Crippen molar-refractivity contribution >= 4 is 23.0 Å². The number of amides is 1. The highest BCUT2D eigenvalue weighted by Gasteiger charge is 2.05. The molecule has 0 atom stereocenters. The van der Waals surface area contributed by atoms with Crippen LogP contribution in [0.4, 0.5) is 0 Å². The van der Waals surface area contributed by atoms with Gasteiger partial charge in [0, 0.05) is 5.70 Å². The fourth-order valence-electron chi connectivity index (χ4n) is 0.989. The van der Waals surface area contributed by atoms with Gasteiger partial charge >= 0.3 is 0 Å². The van der Waals surface area contributed by atoms with Gasteiger partial charge in [-0.3, -0.25) is 9.59 Å². The SMILES string of the molecule is CC(=O)/C=C(/C)NC(=O)c1cccs1. The standard InChI is InChI=1S/C10H11NO2S/c1-7(6-8(2)12)11-10(13)9-4-3-5-14-9/h3-6H,1-2H3,(H,11,13)/b7-6-. The summed E-state index contributed by atoms with van der Waals surface area (Å²) in [7, 11) is 0. The fourth-order valence-corrected chi connectivity index (χ4v) is 1.61. The molecule has 4 heteroatoms. The van der Waals surface area contributed by atoms with Crippen LogP contribution < -0.4 is 5.32 Å². The number of ketones is 1. The smallest absolute Gasteiger partial charge is 0.265 e. The van der Waals surface area contributed by atoms with Gasteiger partial charge in [-0.2, -0.15) is 0 Å². The maximum absolute atomic E-state index is 11.4. The summed E-state index contributed by atoms with van der Waals surface area (Å²) in [4.78, 5) is 22.8. The first-order valence-electron chi connectivity index (χ1n) is 4.13. The van der Waals surface area contributed by atoms with E-state index in [0.717, 1.165) is 0 Å². The Bertz CT molecular complexity index is 365. The maximum Gasteiger partial charge on any atom is 0.265 e. The van der Waals surface area contributed by atoms with E-state index in [1.807, 2.05) is 11.4 Å². The monoisotopic (exact) mass is 209 g/mol. The number of nitrogens with one attached hydrogen (secondary N) is 1. The van der Waals surface area contributed by atoms with E-state index in [1.54, 1.807) is 13.0 Å². The van der Waals surface area contributed by atoms with Gasteiger partial charge in [-0.05, 0) is 31.4 Å². The Labute approximate surface area is 86.4 Å². The van der Waals surface area contributed by atoms with Gasteiger partial charge in [0.05, 0.1) is 4.88 Å². The lowest BCUT2D eigenvalue weighted by atomic mass is 10.3. The molecule has 0 spiro atoms. The largest absolute Gasteiger partial charge is 0.325 e. The first kappa shape index (κ1) is 10.7. The molecule has 1 aromatic rings. The lowest BCUT2D eigenvalue weighted by Gasteiger charge is -2.01. The summed E-state index contributed by atoms with van der Waals surface area (Å²) in [6.45, 7) is 3.13. The van der Waals surface area contributed by atoms with Gasteiger partial charge in [-0.1, -0.05) is 6.07 Å². The summed E-state index contributed by atoms with van der Waals surface area (Å²) in [6.07, 6.45) is 1.39. The highest BCUT2D eigenvalue weighted by Crippen LogP contribution is 2.08. The summed E-state index contributed by atoms with van der Waals surface area (Å²) in [6, 6.07) is 3.55. The van der Waals surface area contributed by atoms with Crippen molar-refractivity contribution in [3.63, 3.8) is 0 Å².